The van der Waals surface area contributed by atoms with E-state index in [4.69, 9.17) is 10.9 Å². The Hall–Kier alpha value is -1.13. The fraction of sp³-hybridized carbons (Fsp3) is 0.333. The van der Waals surface area contributed by atoms with Crippen molar-refractivity contribution in [2.45, 2.75) is 13.5 Å². The van der Waals surface area contributed by atoms with E-state index in [1.54, 1.807) is 13.0 Å². The molecule has 1 rings (SSSR count). The van der Waals surface area contributed by atoms with Gasteiger partial charge >= 0.3 is 0 Å². The summed E-state index contributed by atoms with van der Waals surface area (Å²) < 4.78 is 13.2. The van der Waals surface area contributed by atoms with Crippen LogP contribution in [0.2, 0.25) is 0 Å². The Morgan fingerprint density at radius 2 is 2.15 bits per heavy atom. The van der Waals surface area contributed by atoms with Gasteiger partial charge in [-0.05, 0) is 18.6 Å². The lowest BCUT2D eigenvalue weighted by atomic mass is 10.1. The molecule has 4 heteroatoms. The molecule has 0 saturated heterocycles. The monoisotopic (exact) mass is 184 g/mol. The van der Waals surface area contributed by atoms with Crippen molar-refractivity contribution >= 4 is 5.69 Å². The van der Waals surface area contributed by atoms with E-state index in [1.165, 1.54) is 18.1 Å². The minimum Gasteiger partial charge on any atom is -0.392 e. The van der Waals surface area contributed by atoms with Crippen LogP contribution in [0.4, 0.5) is 10.1 Å². The van der Waals surface area contributed by atoms with Crippen molar-refractivity contribution in [3.05, 3.63) is 29.1 Å². The molecule has 3 N–H and O–H groups in total. The standard InChI is InChI=1S/C9H13FN2O/c1-6-3-4-8(10)9(12(2)11)7(6)5-13/h3-4,13H,5,11H2,1-2H3. The maximum absolute atomic E-state index is 13.2. The second-order valence-corrected chi connectivity index (χ2v) is 2.96. The molecule has 0 atom stereocenters. The average Bonchev–Trinajstić information content (AvgIpc) is 2.07. The molecule has 0 aliphatic rings. The Morgan fingerprint density at radius 3 is 2.54 bits per heavy atom. The van der Waals surface area contributed by atoms with E-state index in [9.17, 15) is 4.39 Å². The minimum atomic E-state index is -0.417. The average molecular weight is 184 g/mol. The Morgan fingerprint density at radius 1 is 1.54 bits per heavy atom. The minimum absolute atomic E-state index is 0.208. The second kappa shape index (κ2) is 3.72. The van der Waals surface area contributed by atoms with Gasteiger partial charge < -0.3 is 10.1 Å². The summed E-state index contributed by atoms with van der Waals surface area (Å²) in [4.78, 5) is 0. The van der Waals surface area contributed by atoms with Gasteiger partial charge in [-0.2, -0.15) is 0 Å². The van der Waals surface area contributed by atoms with Crippen LogP contribution in [0.5, 0.6) is 0 Å². The fourth-order valence-electron chi connectivity index (χ4n) is 1.29. The predicted molar refractivity (Wildman–Crippen MR) is 49.7 cm³/mol. The van der Waals surface area contributed by atoms with Crippen molar-refractivity contribution in [2.24, 2.45) is 5.84 Å². The summed E-state index contributed by atoms with van der Waals surface area (Å²) in [6.07, 6.45) is 0. The number of hydrogen-bond donors (Lipinski definition) is 2. The first-order chi connectivity index (χ1) is 6.07. The molecule has 0 unspecified atom stereocenters. The van der Waals surface area contributed by atoms with Gasteiger partial charge in [-0.1, -0.05) is 6.07 Å². The van der Waals surface area contributed by atoms with Gasteiger partial charge in [0.2, 0.25) is 0 Å². The van der Waals surface area contributed by atoms with Gasteiger partial charge in [0, 0.05) is 12.6 Å². The van der Waals surface area contributed by atoms with Gasteiger partial charge in [-0.15, -0.1) is 0 Å². The zero-order valence-electron chi connectivity index (χ0n) is 7.71. The lowest BCUT2D eigenvalue weighted by Gasteiger charge is -2.18. The van der Waals surface area contributed by atoms with E-state index in [1.807, 2.05) is 0 Å². The van der Waals surface area contributed by atoms with E-state index in [-0.39, 0.29) is 12.3 Å². The molecule has 0 aromatic heterocycles. The lowest BCUT2D eigenvalue weighted by Crippen LogP contribution is -2.27. The normalized spacial score (nSPS) is 10.2. The Balaban J connectivity index is 3.35. The van der Waals surface area contributed by atoms with Crippen LogP contribution in [0.1, 0.15) is 11.1 Å². The van der Waals surface area contributed by atoms with Crippen LogP contribution in [0.15, 0.2) is 12.1 Å². The molecule has 0 saturated carbocycles. The summed E-state index contributed by atoms with van der Waals surface area (Å²) in [6.45, 7) is 1.60. The number of halogens is 1. The van der Waals surface area contributed by atoms with E-state index in [0.29, 0.717) is 5.56 Å². The van der Waals surface area contributed by atoms with Crippen LogP contribution >= 0.6 is 0 Å². The number of benzene rings is 1. The van der Waals surface area contributed by atoms with Crippen LogP contribution in [0, 0.1) is 12.7 Å². The van der Waals surface area contributed by atoms with Gasteiger partial charge in [0.1, 0.15) is 5.82 Å². The summed E-state index contributed by atoms with van der Waals surface area (Å²) in [5.74, 6) is 5.03. The third-order valence-electron chi connectivity index (χ3n) is 1.98. The molecule has 3 nitrogen and oxygen atoms in total. The SMILES string of the molecule is Cc1ccc(F)c(N(C)N)c1CO. The molecule has 0 amide bonds. The van der Waals surface area contributed by atoms with Crippen LogP contribution in [0.3, 0.4) is 0 Å². The smallest absolute Gasteiger partial charge is 0.148 e. The summed E-state index contributed by atoms with van der Waals surface area (Å²) in [6, 6.07) is 2.96. The van der Waals surface area contributed by atoms with Crippen molar-refractivity contribution in [3.8, 4) is 0 Å². The Kier molecular flexibility index (Phi) is 2.85. The van der Waals surface area contributed by atoms with Gasteiger partial charge in [-0.3, -0.25) is 0 Å². The van der Waals surface area contributed by atoms with Crippen molar-refractivity contribution in [1.82, 2.24) is 0 Å². The Labute approximate surface area is 76.6 Å². The first-order valence-corrected chi connectivity index (χ1v) is 3.95. The molecule has 0 aliphatic heterocycles. The molecule has 0 bridgehead atoms. The number of hydrogen-bond acceptors (Lipinski definition) is 3. The third kappa shape index (κ3) is 1.79. The molecule has 0 aliphatic carbocycles. The molecule has 1 aromatic rings. The number of aliphatic hydroxyl groups excluding tert-OH is 1. The van der Waals surface area contributed by atoms with Gasteiger partial charge in [0.25, 0.3) is 0 Å². The molecular formula is C9H13FN2O. The summed E-state index contributed by atoms with van der Waals surface area (Å²) in [7, 11) is 1.54. The number of rotatable bonds is 2. The zero-order valence-corrected chi connectivity index (χ0v) is 7.71. The molecular weight excluding hydrogens is 171 g/mol. The van der Waals surface area contributed by atoms with Crippen LogP contribution in [-0.4, -0.2) is 12.2 Å². The van der Waals surface area contributed by atoms with E-state index in [2.05, 4.69) is 0 Å². The number of anilines is 1. The van der Waals surface area contributed by atoms with Gasteiger partial charge in [0.05, 0.1) is 12.3 Å². The van der Waals surface area contributed by atoms with Crippen molar-refractivity contribution in [2.75, 3.05) is 12.1 Å². The molecule has 0 radical (unpaired) electrons. The molecule has 0 spiro atoms. The van der Waals surface area contributed by atoms with E-state index in [0.717, 1.165) is 5.56 Å². The third-order valence-corrected chi connectivity index (χ3v) is 1.98. The number of hydrazine groups is 1. The van der Waals surface area contributed by atoms with Crippen LogP contribution in [-0.2, 0) is 6.61 Å². The molecule has 0 heterocycles. The number of nitrogens with zero attached hydrogens (tertiary/aromatic N) is 1. The number of aryl methyl sites for hydroxylation is 1. The maximum atomic E-state index is 13.2. The van der Waals surface area contributed by atoms with E-state index < -0.39 is 5.82 Å². The largest absolute Gasteiger partial charge is 0.392 e. The first kappa shape index (κ1) is 9.95. The first-order valence-electron chi connectivity index (χ1n) is 3.95. The second-order valence-electron chi connectivity index (χ2n) is 2.96. The van der Waals surface area contributed by atoms with Crippen molar-refractivity contribution in [3.63, 3.8) is 0 Å². The molecule has 0 fully saturated rings. The number of aliphatic hydroxyl groups is 1. The quantitative estimate of drug-likeness (QED) is 0.531. The maximum Gasteiger partial charge on any atom is 0.148 e. The van der Waals surface area contributed by atoms with E-state index >= 15 is 0 Å². The fourth-order valence-corrected chi connectivity index (χ4v) is 1.29. The van der Waals surface area contributed by atoms with Gasteiger partial charge in [0.15, 0.2) is 0 Å². The van der Waals surface area contributed by atoms with Crippen LogP contribution in [0.25, 0.3) is 0 Å². The Bertz CT molecular complexity index is 313. The van der Waals surface area contributed by atoms with Gasteiger partial charge in [-0.25, -0.2) is 10.2 Å². The highest BCUT2D eigenvalue weighted by molar-refractivity contribution is 5.56. The summed E-state index contributed by atoms with van der Waals surface area (Å²) in [5, 5.41) is 10.2. The van der Waals surface area contributed by atoms with Crippen molar-refractivity contribution < 1.29 is 9.50 Å². The molecule has 72 valence electrons. The molecule has 1 aromatic carbocycles. The summed E-state index contributed by atoms with van der Waals surface area (Å²) in [5.41, 5.74) is 1.61. The van der Waals surface area contributed by atoms with Crippen molar-refractivity contribution in [1.29, 1.82) is 0 Å². The highest BCUT2D eigenvalue weighted by Gasteiger charge is 2.12. The lowest BCUT2D eigenvalue weighted by molar-refractivity contribution is 0.280. The number of nitrogens with two attached hydrogens (primary N) is 1. The highest BCUT2D eigenvalue weighted by atomic mass is 19.1. The van der Waals surface area contributed by atoms with Crippen LogP contribution < -0.4 is 10.9 Å². The topological polar surface area (TPSA) is 49.5 Å². The zero-order chi connectivity index (χ0) is 10.0. The predicted octanol–water partition coefficient (Wildman–Crippen LogP) is 0.936. The highest BCUT2D eigenvalue weighted by Crippen LogP contribution is 2.24. The summed E-state index contributed by atoms with van der Waals surface area (Å²) >= 11 is 0. The molecule has 13 heavy (non-hydrogen) atoms.